The molecule has 2 aromatic carbocycles. The molecule has 4 heteroatoms. The molecular weight excluding hydrogens is 300 g/mol. The fraction of sp³-hybridized carbons (Fsp3) is 0.350. The van der Waals surface area contributed by atoms with Crippen LogP contribution in [0, 0.1) is 0 Å². The minimum Gasteiger partial charge on any atom is -0.494 e. The highest BCUT2D eigenvalue weighted by molar-refractivity contribution is 5.90. The van der Waals surface area contributed by atoms with E-state index in [1.807, 2.05) is 42.5 Å². The molecule has 0 saturated heterocycles. The summed E-state index contributed by atoms with van der Waals surface area (Å²) in [4.78, 5) is 12.3. The molecule has 0 aliphatic heterocycles. The van der Waals surface area contributed by atoms with Gasteiger partial charge in [0.1, 0.15) is 5.75 Å². The van der Waals surface area contributed by atoms with Crippen molar-refractivity contribution in [2.45, 2.75) is 38.1 Å². The van der Waals surface area contributed by atoms with Crippen LogP contribution < -0.4 is 15.4 Å². The van der Waals surface area contributed by atoms with E-state index >= 15 is 0 Å². The molecule has 1 fully saturated rings. The van der Waals surface area contributed by atoms with Gasteiger partial charge in [0.15, 0.2) is 0 Å². The molecule has 126 valence electrons. The number of ether oxygens (including phenoxy) is 1. The Kier molecular flexibility index (Phi) is 5.04. The molecule has 3 rings (SSSR count). The highest BCUT2D eigenvalue weighted by Gasteiger charge is 2.45. The molecular formula is C20H24N2O2. The average molecular weight is 324 g/mol. The molecule has 4 nitrogen and oxygen atoms in total. The van der Waals surface area contributed by atoms with E-state index in [9.17, 15) is 4.79 Å². The third kappa shape index (κ3) is 4.07. The van der Waals surface area contributed by atoms with Crippen molar-refractivity contribution < 1.29 is 9.53 Å². The molecule has 2 amide bonds. The molecule has 0 spiro atoms. The highest BCUT2D eigenvalue weighted by atomic mass is 16.5. The predicted molar refractivity (Wildman–Crippen MR) is 96.4 cm³/mol. The number of amides is 2. The summed E-state index contributed by atoms with van der Waals surface area (Å²) >= 11 is 0. The van der Waals surface area contributed by atoms with E-state index in [-0.39, 0.29) is 11.6 Å². The Morgan fingerprint density at radius 3 is 2.42 bits per heavy atom. The zero-order chi connectivity index (χ0) is 16.8. The second-order valence-electron chi connectivity index (χ2n) is 6.25. The average Bonchev–Trinajstić information content (AvgIpc) is 3.38. The first kappa shape index (κ1) is 16.4. The van der Waals surface area contributed by atoms with Gasteiger partial charge in [-0.25, -0.2) is 4.79 Å². The largest absolute Gasteiger partial charge is 0.494 e. The molecule has 0 radical (unpaired) electrons. The summed E-state index contributed by atoms with van der Waals surface area (Å²) in [6.07, 6.45) is 4.12. The number of carbonyl (C=O) groups excluding carboxylic acids is 1. The molecule has 24 heavy (non-hydrogen) atoms. The maximum Gasteiger partial charge on any atom is 0.319 e. The molecule has 0 atom stereocenters. The third-order valence-corrected chi connectivity index (χ3v) is 4.31. The number of nitrogens with one attached hydrogen (secondary N) is 2. The predicted octanol–water partition coefficient (Wildman–Crippen LogP) is 4.68. The van der Waals surface area contributed by atoms with Crippen molar-refractivity contribution in [3.8, 4) is 5.75 Å². The van der Waals surface area contributed by atoms with Crippen LogP contribution in [0.5, 0.6) is 5.75 Å². The van der Waals surface area contributed by atoms with Crippen molar-refractivity contribution in [2.24, 2.45) is 0 Å². The van der Waals surface area contributed by atoms with Crippen molar-refractivity contribution in [3.63, 3.8) is 0 Å². The van der Waals surface area contributed by atoms with Crippen molar-refractivity contribution in [3.05, 3.63) is 60.2 Å². The fourth-order valence-corrected chi connectivity index (χ4v) is 2.72. The van der Waals surface area contributed by atoms with E-state index in [2.05, 4.69) is 29.7 Å². The van der Waals surface area contributed by atoms with Crippen molar-refractivity contribution >= 4 is 11.7 Å². The van der Waals surface area contributed by atoms with Crippen LogP contribution in [0.25, 0.3) is 0 Å². The van der Waals surface area contributed by atoms with Gasteiger partial charge >= 0.3 is 6.03 Å². The van der Waals surface area contributed by atoms with Gasteiger partial charge in [-0.1, -0.05) is 43.7 Å². The Balaban J connectivity index is 1.54. The van der Waals surface area contributed by atoms with Gasteiger partial charge in [0.25, 0.3) is 0 Å². The number of anilines is 1. The van der Waals surface area contributed by atoms with Gasteiger partial charge in [-0.15, -0.1) is 0 Å². The topological polar surface area (TPSA) is 50.4 Å². The minimum atomic E-state index is -0.200. The Bertz CT molecular complexity index is 664. The maximum absolute atomic E-state index is 12.3. The Labute approximate surface area is 143 Å². The fourth-order valence-electron chi connectivity index (χ4n) is 2.72. The summed E-state index contributed by atoms with van der Waals surface area (Å²) in [7, 11) is 0. The van der Waals surface area contributed by atoms with Crippen LogP contribution in [-0.2, 0) is 5.54 Å². The monoisotopic (exact) mass is 324 g/mol. The molecule has 0 unspecified atom stereocenters. The lowest BCUT2D eigenvalue weighted by Crippen LogP contribution is -2.38. The number of carbonyl (C=O) groups is 1. The van der Waals surface area contributed by atoms with Gasteiger partial charge in [0.05, 0.1) is 12.1 Å². The first-order chi connectivity index (χ1) is 11.7. The normalized spacial score (nSPS) is 14.7. The molecule has 0 bridgehead atoms. The van der Waals surface area contributed by atoms with Crippen molar-refractivity contribution in [1.29, 1.82) is 0 Å². The van der Waals surface area contributed by atoms with Crippen LogP contribution in [0.2, 0.25) is 0 Å². The molecule has 0 aromatic heterocycles. The summed E-state index contributed by atoms with van der Waals surface area (Å²) in [5.74, 6) is 0.831. The SMILES string of the molecule is CCCCOc1ccc(NC(=O)NC2(c3ccccc3)CC2)cc1. The molecule has 1 saturated carbocycles. The molecule has 2 aromatic rings. The van der Waals surface area contributed by atoms with Gasteiger partial charge in [0, 0.05) is 5.69 Å². The number of urea groups is 1. The van der Waals surface area contributed by atoms with Gasteiger partial charge in [0.2, 0.25) is 0 Å². The molecule has 1 aliphatic rings. The number of hydrogen-bond acceptors (Lipinski definition) is 2. The van der Waals surface area contributed by atoms with Gasteiger partial charge in [-0.05, 0) is 49.1 Å². The highest BCUT2D eigenvalue weighted by Crippen LogP contribution is 2.45. The molecule has 1 aliphatic carbocycles. The lowest BCUT2D eigenvalue weighted by Gasteiger charge is -2.18. The van der Waals surface area contributed by atoms with Crippen LogP contribution in [0.15, 0.2) is 54.6 Å². The number of benzene rings is 2. The zero-order valence-electron chi connectivity index (χ0n) is 14.0. The summed E-state index contributed by atoms with van der Waals surface area (Å²) in [6, 6.07) is 17.5. The van der Waals surface area contributed by atoms with Crippen LogP contribution >= 0.6 is 0 Å². The standard InChI is InChI=1S/C20H24N2O2/c1-2-3-15-24-18-11-9-17(10-12-18)21-19(23)22-20(13-14-20)16-7-5-4-6-8-16/h4-12H,2-3,13-15H2,1H3,(H2,21,22,23). The number of unbranched alkanes of at least 4 members (excludes halogenated alkanes) is 1. The Hall–Kier alpha value is -2.49. The summed E-state index contributed by atoms with van der Waals surface area (Å²) in [6.45, 7) is 2.86. The van der Waals surface area contributed by atoms with Crippen molar-refractivity contribution in [2.75, 3.05) is 11.9 Å². The van der Waals surface area contributed by atoms with E-state index in [1.165, 1.54) is 5.56 Å². The van der Waals surface area contributed by atoms with E-state index in [0.29, 0.717) is 0 Å². The summed E-state index contributed by atoms with van der Waals surface area (Å²) < 4.78 is 5.63. The van der Waals surface area contributed by atoms with E-state index in [0.717, 1.165) is 43.7 Å². The second kappa shape index (κ2) is 7.39. The van der Waals surface area contributed by atoms with Crippen LogP contribution in [0.1, 0.15) is 38.2 Å². The first-order valence-corrected chi connectivity index (χ1v) is 8.59. The molecule has 0 heterocycles. The van der Waals surface area contributed by atoms with Gasteiger partial charge < -0.3 is 15.4 Å². The molecule has 2 N–H and O–H groups in total. The smallest absolute Gasteiger partial charge is 0.319 e. The van der Waals surface area contributed by atoms with Crippen LogP contribution in [-0.4, -0.2) is 12.6 Å². The van der Waals surface area contributed by atoms with Crippen molar-refractivity contribution in [1.82, 2.24) is 5.32 Å². The summed E-state index contributed by atoms with van der Waals surface area (Å²) in [5.41, 5.74) is 1.73. The first-order valence-electron chi connectivity index (χ1n) is 8.59. The lowest BCUT2D eigenvalue weighted by molar-refractivity contribution is 0.247. The Morgan fingerprint density at radius 2 is 1.79 bits per heavy atom. The third-order valence-electron chi connectivity index (χ3n) is 4.31. The lowest BCUT2D eigenvalue weighted by atomic mass is 10.1. The maximum atomic E-state index is 12.3. The van der Waals surface area contributed by atoms with E-state index in [4.69, 9.17) is 4.74 Å². The quantitative estimate of drug-likeness (QED) is 0.727. The van der Waals surface area contributed by atoms with Crippen LogP contribution in [0.4, 0.5) is 10.5 Å². The second-order valence-corrected chi connectivity index (χ2v) is 6.25. The van der Waals surface area contributed by atoms with Crippen LogP contribution in [0.3, 0.4) is 0 Å². The summed E-state index contributed by atoms with van der Waals surface area (Å²) in [5, 5.41) is 6.00. The minimum absolute atomic E-state index is 0.170. The van der Waals surface area contributed by atoms with E-state index < -0.39 is 0 Å². The van der Waals surface area contributed by atoms with Gasteiger partial charge in [-0.3, -0.25) is 0 Å². The number of hydrogen-bond donors (Lipinski definition) is 2. The number of rotatable bonds is 7. The Morgan fingerprint density at radius 1 is 1.08 bits per heavy atom. The van der Waals surface area contributed by atoms with Gasteiger partial charge in [-0.2, -0.15) is 0 Å². The zero-order valence-corrected chi connectivity index (χ0v) is 14.0. The van der Waals surface area contributed by atoms with E-state index in [1.54, 1.807) is 0 Å².